The average Bonchev–Trinajstić information content (AvgIpc) is 3.15. The minimum absolute atomic E-state index is 0.0729. The van der Waals surface area contributed by atoms with Gasteiger partial charge in [-0.2, -0.15) is 26.3 Å². The summed E-state index contributed by atoms with van der Waals surface area (Å²) in [5, 5.41) is 6.04. The van der Waals surface area contributed by atoms with E-state index in [0.717, 1.165) is 5.56 Å². The third kappa shape index (κ3) is 5.00. The number of ether oxygens (including phenoxy) is 2. The summed E-state index contributed by atoms with van der Waals surface area (Å²) >= 11 is 0. The molecule has 2 aromatic rings. The lowest BCUT2D eigenvalue weighted by molar-refractivity contribution is -0.143. The van der Waals surface area contributed by atoms with Crippen LogP contribution < -0.4 is 10.6 Å². The second kappa shape index (κ2) is 8.77. The van der Waals surface area contributed by atoms with E-state index in [2.05, 4.69) is 10.6 Å². The van der Waals surface area contributed by atoms with Gasteiger partial charge in [-0.05, 0) is 36.2 Å². The molecule has 0 bridgehead atoms. The Hall–Kier alpha value is -2.79. The number of carbonyl (C=O) groups is 1. The normalized spacial score (nSPS) is 25.9. The van der Waals surface area contributed by atoms with Crippen molar-refractivity contribution in [3.05, 3.63) is 70.8 Å². The summed E-state index contributed by atoms with van der Waals surface area (Å²) in [6, 6.07) is 10.3. The molecular formula is C23H22F6N2O3. The molecule has 0 saturated carbocycles. The van der Waals surface area contributed by atoms with Crippen LogP contribution in [0.15, 0.2) is 48.5 Å². The predicted octanol–water partition coefficient (Wildman–Crippen LogP) is 5.17. The molecule has 2 N–H and O–H groups in total. The number of carbonyl (C=O) groups excluding carboxylic acids is 1. The molecule has 0 aliphatic carbocycles. The SMILES string of the molecule is CC(OCC1(c2ccccc2)C[C@@H]2OC(=O)NC2CN1)c1cc(C(F)(F)F)cc(C(F)(F)F)c1. The molecule has 0 aromatic heterocycles. The van der Waals surface area contributed by atoms with Crippen LogP contribution >= 0.6 is 0 Å². The van der Waals surface area contributed by atoms with Crippen LogP contribution in [0.4, 0.5) is 31.1 Å². The second-order valence-electron chi connectivity index (χ2n) is 8.52. The Balaban J connectivity index is 1.61. The molecule has 4 atom stereocenters. The molecule has 2 aliphatic heterocycles. The number of piperidine rings is 1. The fourth-order valence-electron chi connectivity index (χ4n) is 4.33. The molecule has 184 valence electrons. The van der Waals surface area contributed by atoms with Gasteiger partial charge >= 0.3 is 18.4 Å². The molecule has 2 fully saturated rings. The van der Waals surface area contributed by atoms with Gasteiger partial charge in [0.25, 0.3) is 0 Å². The van der Waals surface area contributed by atoms with Crippen molar-refractivity contribution < 1.29 is 40.6 Å². The summed E-state index contributed by atoms with van der Waals surface area (Å²) in [5.74, 6) is 0. The standard InChI is InChI=1S/C23H22F6N2O3/c1-13(14-7-16(22(24,25)26)9-17(8-14)23(27,28)29)33-12-21(15-5-3-2-4-6-15)10-19-18(11-30-21)31-20(32)34-19/h2-9,13,18-19,30H,10-12H2,1H3,(H,31,32)/t13?,18?,19-,21?/m0/s1. The molecule has 2 aliphatic rings. The predicted molar refractivity (Wildman–Crippen MR) is 109 cm³/mol. The van der Waals surface area contributed by atoms with Gasteiger partial charge in [-0.1, -0.05) is 30.3 Å². The summed E-state index contributed by atoms with van der Waals surface area (Å²) in [6.07, 6.45) is -11.7. The van der Waals surface area contributed by atoms with Gasteiger partial charge in [0.05, 0.1) is 35.4 Å². The monoisotopic (exact) mass is 488 g/mol. The fraction of sp³-hybridized carbons (Fsp3) is 0.435. The van der Waals surface area contributed by atoms with E-state index < -0.39 is 47.3 Å². The number of rotatable bonds is 5. The van der Waals surface area contributed by atoms with E-state index in [1.54, 1.807) is 12.1 Å². The summed E-state index contributed by atoms with van der Waals surface area (Å²) in [7, 11) is 0. The topological polar surface area (TPSA) is 59.6 Å². The lowest BCUT2D eigenvalue weighted by Gasteiger charge is -2.42. The molecule has 0 spiro atoms. The van der Waals surface area contributed by atoms with E-state index in [-0.39, 0.29) is 24.3 Å². The third-order valence-electron chi connectivity index (χ3n) is 6.21. The molecule has 2 heterocycles. The van der Waals surface area contributed by atoms with Gasteiger partial charge in [-0.3, -0.25) is 0 Å². The molecule has 11 heteroatoms. The van der Waals surface area contributed by atoms with Crippen molar-refractivity contribution >= 4 is 6.09 Å². The number of nitrogens with one attached hydrogen (secondary N) is 2. The molecule has 0 radical (unpaired) electrons. The Morgan fingerprint density at radius 3 is 2.26 bits per heavy atom. The zero-order valence-corrected chi connectivity index (χ0v) is 18.0. The maximum atomic E-state index is 13.2. The van der Waals surface area contributed by atoms with Crippen molar-refractivity contribution in [1.29, 1.82) is 0 Å². The first-order valence-corrected chi connectivity index (χ1v) is 10.6. The van der Waals surface area contributed by atoms with E-state index in [0.29, 0.717) is 25.1 Å². The van der Waals surface area contributed by atoms with Crippen molar-refractivity contribution in [3.63, 3.8) is 0 Å². The van der Waals surface area contributed by atoms with Crippen LogP contribution in [0.3, 0.4) is 0 Å². The lowest BCUT2D eigenvalue weighted by atomic mass is 9.80. The number of fused-ring (bicyclic) bond motifs is 1. The summed E-state index contributed by atoms with van der Waals surface area (Å²) in [5.41, 5.74) is -3.10. The smallest absolute Gasteiger partial charge is 0.416 e. The summed E-state index contributed by atoms with van der Waals surface area (Å²) < 4.78 is 90.7. The zero-order chi connectivity index (χ0) is 24.7. The average molecular weight is 488 g/mol. The molecule has 5 nitrogen and oxygen atoms in total. The fourth-order valence-corrected chi connectivity index (χ4v) is 4.33. The van der Waals surface area contributed by atoms with E-state index >= 15 is 0 Å². The van der Waals surface area contributed by atoms with Crippen LogP contribution in [0.2, 0.25) is 0 Å². The first-order chi connectivity index (χ1) is 15.9. The van der Waals surface area contributed by atoms with Crippen molar-refractivity contribution in [2.75, 3.05) is 13.2 Å². The summed E-state index contributed by atoms with van der Waals surface area (Å²) in [6.45, 7) is 1.68. The third-order valence-corrected chi connectivity index (χ3v) is 6.21. The Morgan fingerprint density at radius 2 is 1.68 bits per heavy atom. The molecule has 34 heavy (non-hydrogen) atoms. The number of amides is 1. The van der Waals surface area contributed by atoms with Crippen LogP contribution in [0.5, 0.6) is 0 Å². The van der Waals surface area contributed by atoms with Crippen molar-refractivity contribution in [2.24, 2.45) is 0 Å². The number of alkyl halides is 6. The maximum absolute atomic E-state index is 13.2. The zero-order valence-electron chi connectivity index (χ0n) is 18.0. The number of alkyl carbamates (subject to hydrolysis) is 1. The molecule has 3 unspecified atom stereocenters. The molecule has 1 amide bonds. The van der Waals surface area contributed by atoms with Crippen LogP contribution in [-0.4, -0.2) is 31.4 Å². The number of benzene rings is 2. The second-order valence-corrected chi connectivity index (χ2v) is 8.52. The van der Waals surface area contributed by atoms with Crippen molar-refractivity contribution in [3.8, 4) is 0 Å². The highest BCUT2D eigenvalue weighted by molar-refractivity contribution is 5.70. The summed E-state index contributed by atoms with van der Waals surface area (Å²) in [4.78, 5) is 11.7. The Bertz CT molecular complexity index is 1010. The number of halogens is 6. The largest absolute Gasteiger partial charge is 0.444 e. The van der Waals surface area contributed by atoms with Gasteiger partial charge in [0.2, 0.25) is 0 Å². The Labute approximate surface area is 191 Å². The van der Waals surface area contributed by atoms with Crippen LogP contribution in [0, 0.1) is 0 Å². The van der Waals surface area contributed by atoms with E-state index in [9.17, 15) is 31.1 Å². The van der Waals surface area contributed by atoms with Gasteiger partial charge in [-0.15, -0.1) is 0 Å². The highest BCUT2D eigenvalue weighted by atomic mass is 19.4. The van der Waals surface area contributed by atoms with Gasteiger partial charge in [0, 0.05) is 13.0 Å². The molecule has 2 saturated heterocycles. The van der Waals surface area contributed by atoms with Crippen LogP contribution in [-0.2, 0) is 27.4 Å². The van der Waals surface area contributed by atoms with E-state index in [4.69, 9.17) is 9.47 Å². The first kappa shape index (κ1) is 24.3. The van der Waals surface area contributed by atoms with E-state index in [1.165, 1.54) is 6.92 Å². The minimum atomic E-state index is -4.94. The quantitative estimate of drug-likeness (QED) is 0.571. The molecule has 4 rings (SSSR count). The van der Waals surface area contributed by atoms with Crippen molar-refractivity contribution in [2.45, 2.75) is 49.5 Å². The Morgan fingerprint density at radius 1 is 1.06 bits per heavy atom. The molecular weight excluding hydrogens is 466 g/mol. The van der Waals surface area contributed by atoms with Crippen LogP contribution in [0.25, 0.3) is 0 Å². The van der Waals surface area contributed by atoms with Gasteiger partial charge in [0.15, 0.2) is 0 Å². The minimum Gasteiger partial charge on any atom is -0.444 e. The van der Waals surface area contributed by atoms with Gasteiger partial charge < -0.3 is 20.1 Å². The number of hydrogen-bond donors (Lipinski definition) is 2. The highest BCUT2D eigenvalue weighted by Gasteiger charge is 2.47. The first-order valence-electron chi connectivity index (χ1n) is 10.6. The number of hydrogen-bond acceptors (Lipinski definition) is 4. The van der Waals surface area contributed by atoms with Gasteiger partial charge in [0.1, 0.15) is 6.10 Å². The Kier molecular flexibility index (Phi) is 6.28. The van der Waals surface area contributed by atoms with E-state index in [1.807, 2.05) is 18.2 Å². The van der Waals surface area contributed by atoms with Gasteiger partial charge in [-0.25, -0.2) is 4.79 Å². The highest BCUT2D eigenvalue weighted by Crippen LogP contribution is 2.39. The van der Waals surface area contributed by atoms with Crippen molar-refractivity contribution in [1.82, 2.24) is 10.6 Å². The lowest BCUT2D eigenvalue weighted by Crippen LogP contribution is -2.59. The maximum Gasteiger partial charge on any atom is 0.416 e. The molecule has 2 aromatic carbocycles. The van der Waals surface area contributed by atoms with Crippen LogP contribution in [0.1, 0.15) is 41.7 Å².